The van der Waals surface area contributed by atoms with Crippen LogP contribution in [0.5, 0.6) is 0 Å². The summed E-state index contributed by atoms with van der Waals surface area (Å²) in [6.45, 7) is 2.23. The van der Waals surface area contributed by atoms with Crippen molar-refractivity contribution in [2.45, 2.75) is 69.9 Å². The fourth-order valence-electron chi connectivity index (χ4n) is 5.44. The molecule has 0 aliphatic heterocycles. The Labute approximate surface area is 206 Å². The summed E-state index contributed by atoms with van der Waals surface area (Å²) >= 11 is 0. The second-order valence-electron chi connectivity index (χ2n) is 9.63. The monoisotopic (exact) mass is 478 g/mol. The molecule has 2 aromatic rings. The molecule has 4 rings (SSSR count). The van der Waals surface area contributed by atoms with Crippen LogP contribution < -0.4 is 10.6 Å². The fourth-order valence-corrected chi connectivity index (χ4v) is 5.44. The summed E-state index contributed by atoms with van der Waals surface area (Å²) in [5.41, 5.74) is 4.65. The van der Waals surface area contributed by atoms with E-state index in [-0.39, 0.29) is 36.9 Å². The molecule has 1 saturated carbocycles. The average molecular weight is 479 g/mol. The van der Waals surface area contributed by atoms with E-state index in [1.807, 2.05) is 31.2 Å². The first-order valence-corrected chi connectivity index (χ1v) is 12.6. The van der Waals surface area contributed by atoms with E-state index in [9.17, 15) is 19.5 Å². The number of rotatable bonds is 9. The Hall–Kier alpha value is -3.35. The number of carbonyl (C=O) groups is 3. The zero-order valence-corrected chi connectivity index (χ0v) is 20.2. The van der Waals surface area contributed by atoms with Crippen LogP contribution in [0.25, 0.3) is 11.1 Å². The first-order chi connectivity index (χ1) is 17.0. The largest absolute Gasteiger partial charge is 0.481 e. The minimum Gasteiger partial charge on any atom is -0.481 e. The molecular formula is C28H34N2O5. The van der Waals surface area contributed by atoms with Crippen molar-refractivity contribution in [1.29, 1.82) is 0 Å². The highest BCUT2D eigenvalue weighted by Crippen LogP contribution is 2.44. The van der Waals surface area contributed by atoms with Crippen molar-refractivity contribution >= 4 is 18.0 Å². The van der Waals surface area contributed by atoms with Gasteiger partial charge in [-0.25, -0.2) is 4.79 Å². The standard InChI is InChI=1S/C28H34N2O5/c1-2-8-19(16-26(31)29-20-10-7-9-18(15-20)27(32)33)30-28(34)35-17-25-23-13-5-3-11-21(23)22-12-4-6-14-24(22)25/h3-6,11-14,18-20,25H,2,7-10,15-17H2,1H3,(H,29,31)(H,30,34)(H,32,33)/t18?,19-,20?/m1/s1. The van der Waals surface area contributed by atoms with Gasteiger partial charge in [-0.05, 0) is 47.9 Å². The maximum absolute atomic E-state index is 12.7. The quantitative estimate of drug-likeness (QED) is 0.478. The zero-order chi connectivity index (χ0) is 24.8. The van der Waals surface area contributed by atoms with Gasteiger partial charge in [0.15, 0.2) is 0 Å². The molecule has 2 unspecified atom stereocenters. The van der Waals surface area contributed by atoms with Crippen molar-refractivity contribution in [3.8, 4) is 11.1 Å². The smallest absolute Gasteiger partial charge is 0.407 e. The highest BCUT2D eigenvalue weighted by molar-refractivity contribution is 5.80. The van der Waals surface area contributed by atoms with E-state index in [0.717, 1.165) is 30.4 Å². The van der Waals surface area contributed by atoms with Crippen molar-refractivity contribution in [3.63, 3.8) is 0 Å². The van der Waals surface area contributed by atoms with Crippen LogP contribution in [0.2, 0.25) is 0 Å². The van der Waals surface area contributed by atoms with Crippen molar-refractivity contribution in [1.82, 2.24) is 10.6 Å². The lowest BCUT2D eigenvalue weighted by Crippen LogP contribution is -2.44. The second-order valence-corrected chi connectivity index (χ2v) is 9.63. The summed E-state index contributed by atoms with van der Waals surface area (Å²) < 4.78 is 5.64. The molecule has 3 atom stereocenters. The Morgan fingerprint density at radius 1 is 1.03 bits per heavy atom. The van der Waals surface area contributed by atoms with Gasteiger partial charge in [0.2, 0.25) is 5.91 Å². The number of ether oxygens (including phenoxy) is 1. The second kappa shape index (κ2) is 11.4. The Bertz CT molecular complexity index is 1020. The van der Waals surface area contributed by atoms with Gasteiger partial charge in [-0.15, -0.1) is 0 Å². The summed E-state index contributed by atoms with van der Waals surface area (Å²) in [7, 11) is 0. The van der Waals surface area contributed by atoms with Crippen molar-refractivity contribution < 1.29 is 24.2 Å². The third-order valence-corrected chi connectivity index (χ3v) is 7.12. The molecular weight excluding hydrogens is 444 g/mol. The lowest BCUT2D eigenvalue weighted by atomic mass is 9.85. The molecule has 0 spiro atoms. The predicted octanol–water partition coefficient (Wildman–Crippen LogP) is 4.84. The summed E-state index contributed by atoms with van der Waals surface area (Å²) in [6, 6.07) is 15.9. The Balaban J connectivity index is 1.31. The van der Waals surface area contributed by atoms with Gasteiger partial charge in [0.05, 0.1) is 5.92 Å². The van der Waals surface area contributed by atoms with Gasteiger partial charge in [-0.2, -0.15) is 0 Å². The molecule has 2 aliphatic rings. The molecule has 2 aromatic carbocycles. The van der Waals surface area contributed by atoms with Gasteiger partial charge in [-0.3, -0.25) is 9.59 Å². The van der Waals surface area contributed by atoms with Crippen LogP contribution >= 0.6 is 0 Å². The van der Waals surface area contributed by atoms with Crippen LogP contribution in [0.1, 0.15) is 68.9 Å². The molecule has 0 heterocycles. The van der Waals surface area contributed by atoms with Gasteiger partial charge in [0, 0.05) is 24.4 Å². The van der Waals surface area contributed by atoms with Crippen LogP contribution in [-0.2, 0) is 14.3 Å². The molecule has 2 amide bonds. The number of hydrogen-bond acceptors (Lipinski definition) is 4. The number of amides is 2. The lowest BCUT2D eigenvalue weighted by Gasteiger charge is -2.28. The van der Waals surface area contributed by atoms with Crippen molar-refractivity contribution in [3.05, 3.63) is 59.7 Å². The van der Waals surface area contributed by atoms with Crippen LogP contribution in [-0.4, -0.2) is 41.8 Å². The molecule has 0 saturated heterocycles. The van der Waals surface area contributed by atoms with E-state index in [2.05, 4.69) is 34.9 Å². The van der Waals surface area contributed by atoms with Crippen molar-refractivity contribution in [2.24, 2.45) is 5.92 Å². The van der Waals surface area contributed by atoms with Gasteiger partial charge >= 0.3 is 12.1 Å². The first-order valence-electron chi connectivity index (χ1n) is 12.6. The van der Waals surface area contributed by atoms with Gasteiger partial charge in [0.25, 0.3) is 0 Å². The van der Waals surface area contributed by atoms with Gasteiger partial charge < -0.3 is 20.5 Å². The highest BCUT2D eigenvalue weighted by atomic mass is 16.5. The summed E-state index contributed by atoms with van der Waals surface area (Å²) in [6.07, 6.45) is 3.77. The van der Waals surface area contributed by atoms with Crippen LogP contribution in [0.3, 0.4) is 0 Å². The molecule has 0 radical (unpaired) electrons. The topological polar surface area (TPSA) is 105 Å². The number of benzene rings is 2. The van der Waals surface area contributed by atoms with E-state index >= 15 is 0 Å². The molecule has 35 heavy (non-hydrogen) atoms. The summed E-state index contributed by atoms with van der Waals surface area (Å²) in [5.74, 6) is -1.39. The predicted molar refractivity (Wildman–Crippen MR) is 133 cm³/mol. The van der Waals surface area contributed by atoms with Gasteiger partial charge in [-0.1, -0.05) is 68.3 Å². The average Bonchev–Trinajstić information content (AvgIpc) is 3.16. The molecule has 186 valence electrons. The summed E-state index contributed by atoms with van der Waals surface area (Å²) in [4.78, 5) is 36.6. The minimum absolute atomic E-state index is 0.0189. The molecule has 1 fully saturated rings. The van der Waals surface area contributed by atoms with E-state index in [1.54, 1.807) is 0 Å². The third kappa shape index (κ3) is 6.02. The molecule has 7 nitrogen and oxygen atoms in total. The Morgan fingerprint density at radius 3 is 2.31 bits per heavy atom. The number of carboxylic acids is 1. The lowest BCUT2D eigenvalue weighted by molar-refractivity contribution is -0.143. The summed E-state index contributed by atoms with van der Waals surface area (Å²) in [5, 5.41) is 15.1. The fraction of sp³-hybridized carbons (Fsp3) is 0.464. The van der Waals surface area contributed by atoms with E-state index < -0.39 is 18.0 Å². The number of carboxylic acid groups (broad SMARTS) is 1. The van der Waals surface area contributed by atoms with E-state index in [1.165, 1.54) is 11.1 Å². The van der Waals surface area contributed by atoms with Crippen LogP contribution in [0.15, 0.2) is 48.5 Å². The van der Waals surface area contributed by atoms with E-state index in [4.69, 9.17) is 4.74 Å². The van der Waals surface area contributed by atoms with E-state index in [0.29, 0.717) is 19.3 Å². The molecule has 7 heteroatoms. The normalized spacial score (nSPS) is 19.8. The highest BCUT2D eigenvalue weighted by Gasteiger charge is 2.30. The number of carbonyl (C=O) groups excluding carboxylic acids is 2. The van der Waals surface area contributed by atoms with Gasteiger partial charge in [0.1, 0.15) is 6.61 Å². The molecule has 2 aliphatic carbocycles. The number of hydrogen-bond donors (Lipinski definition) is 3. The zero-order valence-electron chi connectivity index (χ0n) is 20.2. The minimum atomic E-state index is -0.801. The maximum atomic E-state index is 12.7. The molecule has 0 bridgehead atoms. The van der Waals surface area contributed by atoms with Crippen LogP contribution in [0.4, 0.5) is 4.79 Å². The van der Waals surface area contributed by atoms with Crippen molar-refractivity contribution in [2.75, 3.05) is 6.61 Å². The third-order valence-electron chi connectivity index (χ3n) is 7.12. The Kier molecular flexibility index (Phi) is 8.06. The number of aliphatic carboxylic acids is 1. The SMILES string of the molecule is CCC[C@H](CC(=O)NC1CCCC(C(=O)O)C1)NC(=O)OCC1c2ccccc2-c2ccccc21. The maximum Gasteiger partial charge on any atom is 0.407 e. The number of alkyl carbamates (subject to hydrolysis) is 1. The number of fused-ring (bicyclic) bond motifs is 3. The molecule has 3 N–H and O–H groups in total. The first kappa shape index (κ1) is 24.8. The number of nitrogens with one attached hydrogen (secondary N) is 2. The Morgan fingerprint density at radius 2 is 1.69 bits per heavy atom. The van der Waals surface area contributed by atoms with Crippen LogP contribution in [0, 0.1) is 5.92 Å². The molecule has 0 aromatic heterocycles.